The molecular formula is C14H23BrN2O3S. The van der Waals surface area contributed by atoms with Crippen molar-refractivity contribution in [3.63, 3.8) is 0 Å². The number of benzene rings is 1. The van der Waals surface area contributed by atoms with Crippen molar-refractivity contribution < 1.29 is 13.2 Å². The van der Waals surface area contributed by atoms with Gasteiger partial charge in [0.25, 0.3) is 0 Å². The van der Waals surface area contributed by atoms with Crippen LogP contribution in [0.5, 0.6) is 5.75 Å². The second kappa shape index (κ2) is 8.00. The average molecular weight is 379 g/mol. The lowest BCUT2D eigenvalue weighted by atomic mass is 10.1. The highest BCUT2D eigenvalue weighted by Crippen LogP contribution is 2.32. The summed E-state index contributed by atoms with van der Waals surface area (Å²) >= 11 is 3.26. The molecule has 0 amide bonds. The van der Waals surface area contributed by atoms with Crippen LogP contribution >= 0.6 is 15.9 Å². The number of nitrogens with two attached hydrogens (primary N) is 1. The van der Waals surface area contributed by atoms with Crippen LogP contribution in [0, 0.1) is 0 Å². The Labute approximate surface area is 135 Å². The summed E-state index contributed by atoms with van der Waals surface area (Å²) in [7, 11) is -2.22. The van der Waals surface area contributed by atoms with E-state index in [9.17, 15) is 8.42 Å². The third-order valence-electron chi connectivity index (χ3n) is 3.17. The van der Waals surface area contributed by atoms with Crippen LogP contribution < -0.4 is 15.2 Å². The van der Waals surface area contributed by atoms with E-state index in [0.29, 0.717) is 10.2 Å². The van der Waals surface area contributed by atoms with Gasteiger partial charge in [-0.15, -0.1) is 0 Å². The molecule has 21 heavy (non-hydrogen) atoms. The van der Waals surface area contributed by atoms with Gasteiger partial charge in [-0.1, -0.05) is 26.2 Å². The molecule has 3 N–H and O–H groups in total. The molecule has 0 saturated carbocycles. The van der Waals surface area contributed by atoms with Crippen LogP contribution in [0.3, 0.4) is 0 Å². The van der Waals surface area contributed by atoms with Crippen LogP contribution in [0.1, 0.15) is 39.5 Å². The van der Waals surface area contributed by atoms with Crippen molar-refractivity contribution in [2.75, 3.05) is 12.8 Å². The first-order chi connectivity index (χ1) is 9.81. The molecule has 0 heterocycles. The van der Waals surface area contributed by atoms with Gasteiger partial charge in [0, 0.05) is 16.2 Å². The second-order valence-corrected chi connectivity index (χ2v) is 7.58. The Morgan fingerprint density at radius 3 is 2.62 bits per heavy atom. The Bertz CT molecular complexity index is 576. The van der Waals surface area contributed by atoms with Crippen LogP contribution in [-0.2, 0) is 10.0 Å². The van der Waals surface area contributed by atoms with E-state index in [-0.39, 0.29) is 16.7 Å². The quantitative estimate of drug-likeness (QED) is 0.537. The number of sulfonamides is 1. The molecule has 0 aliphatic rings. The number of halogens is 1. The Hall–Kier alpha value is -0.790. The Morgan fingerprint density at radius 2 is 2.05 bits per heavy atom. The molecular weight excluding hydrogens is 356 g/mol. The number of unbranched alkanes of at least 4 members (excludes halogenated alkanes) is 2. The Balaban J connectivity index is 2.95. The Kier molecular flexibility index (Phi) is 6.96. The monoisotopic (exact) mass is 378 g/mol. The summed E-state index contributed by atoms with van der Waals surface area (Å²) in [5.74, 6) is 0.268. The fraction of sp³-hybridized carbons (Fsp3) is 0.571. The van der Waals surface area contributed by atoms with Gasteiger partial charge in [0.2, 0.25) is 10.0 Å². The molecule has 1 atom stereocenters. The van der Waals surface area contributed by atoms with Crippen molar-refractivity contribution >= 4 is 31.6 Å². The van der Waals surface area contributed by atoms with Crippen molar-refractivity contribution in [3.05, 3.63) is 16.6 Å². The van der Waals surface area contributed by atoms with Gasteiger partial charge < -0.3 is 10.5 Å². The van der Waals surface area contributed by atoms with Gasteiger partial charge in [-0.2, -0.15) is 0 Å². The van der Waals surface area contributed by atoms with E-state index in [4.69, 9.17) is 10.5 Å². The van der Waals surface area contributed by atoms with Crippen LogP contribution in [0.25, 0.3) is 0 Å². The highest BCUT2D eigenvalue weighted by molar-refractivity contribution is 9.10. The molecule has 0 fully saturated rings. The average Bonchev–Trinajstić information content (AvgIpc) is 2.41. The van der Waals surface area contributed by atoms with Crippen molar-refractivity contribution in [1.82, 2.24) is 4.72 Å². The van der Waals surface area contributed by atoms with Gasteiger partial charge in [0.15, 0.2) is 0 Å². The van der Waals surface area contributed by atoms with Crippen LogP contribution in [-0.4, -0.2) is 21.6 Å². The first-order valence-electron chi connectivity index (χ1n) is 6.97. The minimum atomic E-state index is -3.65. The maximum atomic E-state index is 12.5. The normalized spacial score (nSPS) is 13.1. The maximum absolute atomic E-state index is 12.5. The van der Waals surface area contributed by atoms with Gasteiger partial charge >= 0.3 is 0 Å². The molecule has 0 aliphatic heterocycles. The van der Waals surface area contributed by atoms with Crippen LogP contribution in [0.2, 0.25) is 0 Å². The zero-order valence-corrected chi connectivity index (χ0v) is 15.1. The molecule has 1 aromatic carbocycles. The smallest absolute Gasteiger partial charge is 0.244 e. The molecule has 0 spiro atoms. The number of anilines is 1. The molecule has 120 valence electrons. The summed E-state index contributed by atoms with van der Waals surface area (Å²) in [6.07, 6.45) is 4.01. The largest absolute Gasteiger partial charge is 0.495 e. The summed E-state index contributed by atoms with van der Waals surface area (Å²) in [6.45, 7) is 3.98. The molecule has 0 aliphatic carbocycles. The Morgan fingerprint density at radius 1 is 1.38 bits per heavy atom. The molecule has 0 bridgehead atoms. The van der Waals surface area contributed by atoms with Crippen molar-refractivity contribution in [2.45, 2.75) is 50.5 Å². The van der Waals surface area contributed by atoms with Crippen molar-refractivity contribution in [3.8, 4) is 5.75 Å². The zero-order chi connectivity index (χ0) is 16.0. The lowest BCUT2D eigenvalue weighted by Crippen LogP contribution is -2.32. The predicted octanol–water partition coefficient (Wildman–Crippen LogP) is 3.29. The van der Waals surface area contributed by atoms with E-state index in [0.717, 1.165) is 25.7 Å². The van der Waals surface area contributed by atoms with E-state index in [1.807, 2.05) is 6.92 Å². The fourth-order valence-corrected chi connectivity index (χ4v) is 3.79. The molecule has 0 radical (unpaired) electrons. The number of hydrogen-bond donors (Lipinski definition) is 2. The minimum absolute atomic E-state index is 0.0630. The number of nitrogen functional groups attached to an aromatic ring is 1. The predicted molar refractivity (Wildman–Crippen MR) is 89.0 cm³/mol. The van der Waals surface area contributed by atoms with Gasteiger partial charge in [-0.25, -0.2) is 13.1 Å². The van der Waals surface area contributed by atoms with Gasteiger partial charge in [-0.05, 0) is 41.4 Å². The number of nitrogens with one attached hydrogen (secondary N) is 1. The third kappa shape index (κ3) is 5.16. The van der Waals surface area contributed by atoms with E-state index in [1.54, 1.807) is 6.07 Å². The molecule has 5 nitrogen and oxygen atoms in total. The van der Waals surface area contributed by atoms with Gasteiger partial charge in [0.05, 0.1) is 7.11 Å². The fourth-order valence-electron chi connectivity index (χ4n) is 2.01. The SMILES string of the molecule is CCCCCC(C)NS(=O)(=O)c1cc(N)c(Br)cc1OC. The summed E-state index contributed by atoms with van der Waals surface area (Å²) in [5, 5.41) is 0. The first kappa shape index (κ1) is 18.3. The summed E-state index contributed by atoms with van der Waals surface area (Å²) in [6, 6.07) is 2.84. The molecule has 1 unspecified atom stereocenters. The first-order valence-corrected chi connectivity index (χ1v) is 9.24. The number of hydrogen-bond acceptors (Lipinski definition) is 4. The third-order valence-corrected chi connectivity index (χ3v) is 5.47. The molecule has 0 saturated heterocycles. The summed E-state index contributed by atoms with van der Waals surface area (Å²) < 4.78 is 33.3. The van der Waals surface area contributed by atoms with Crippen LogP contribution in [0.15, 0.2) is 21.5 Å². The topological polar surface area (TPSA) is 81.4 Å². The minimum Gasteiger partial charge on any atom is -0.495 e. The van der Waals surface area contributed by atoms with Crippen molar-refractivity contribution in [2.24, 2.45) is 0 Å². The summed E-state index contributed by atoms with van der Waals surface area (Å²) in [5.41, 5.74) is 6.13. The molecule has 1 rings (SSSR count). The van der Waals surface area contributed by atoms with E-state index >= 15 is 0 Å². The van der Waals surface area contributed by atoms with E-state index in [2.05, 4.69) is 27.6 Å². The van der Waals surface area contributed by atoms with Gasteiger partial charge in [0.1, 0.15) is 10.6 Å². The zero-order valence-electron chi connectivity index (χ0n) is 12.6. The molecule has 1 aromatic rings. The number of methoxy groups -OCH3 is 1. The van der Waals surface area contributed by atoms with Gasteiger partial charge in [-0.3, -0.25) is 0 Å². The number of rotatable bonds is 8. The molecule has 0 aromatic heterocycles. The lowest BCUT2D eigenvalue weighted by molar-refractivity contribution is 0.401. The highest BCUT2D eigenvalue weighted by atomic mass is 79.9. The standard InChI is InChI=1S/C14H23BrN2O3S/c1-4-5-6-7-10(2)17-21(18,19)14-9-12(16)11(15)8-13(14)20-3/h8-10,17H,4-7,16H2,1-3H3. The van der Waals surface area contributed by atoms with E-state index < -0.39 is 10.0 Å². The van der Waals surface area contributed by atoms with Crippen molar-refractivity contribution in [1.29, 1.82) is 0 Å². The summed E-state index contributed by atoms with van der Waals surface area (Å²) in [4.78, 5) is 0.0630. The highest BCUT2D eigenvalue weighted by Gasteiger charge is 2.23. The van der Waals surface area contributed by atoms with Crippen LogP contribution in [0.4, 0.5) is 5.69 Å². The second-order valence-electron chi connectivity index (χ2n) is 5.04. The lowest BCUT2D eigenvalue weighted by Gasteiger charge is -2.16. The van der Waals surface area contributed by atoms with E-state index in [1.165, 1.54) is 13.2 Å². The number of ether oxygens (including phenoxy) is 1. The maximum Gasteiger partial charge on any atom is 0.244 e. The molecule has 7 heteroatoms.